The summed E-state index contributed by atoms with van der Waals surface area (Å²) in [5, 5.41) is 8.98. The molecular formula is C16H19NO4. The second-order valence-corrected chi connectivity index (χ2v) is 4.94. The lowest BCUT2D eigenvalue weighted by atomic mass is 10.1. The van der Waals surface area contributed by atoms with Gasteiger partial charge < -0.3 is 14.6 Å². The zero-order chi connectivity index (χ0) is 15.2. The van der Waals surface area contributed by atoms with Crippen LogP contribution < -0.4 is 9.47 Å². The Balaban J connectivity index is 2.21. The molecule has 5 nitrogen and oxygen atoms in total. The van der Waals surface area contributed by atoms with Gasteiger partial charge in [0.2, 0.25) is 0 Å². The largest absolute Gasteiger partial charge is 0.490 e. The van der Waals surface area contributed by atoms with Crippen LogP contribution in [0, 0.1) is 12.3 Å². The Morgan fingerprint density at radius 1 is 1.43 bits per heavy atom. The zero-order valence-corrected chi connectivity index (χ0v) is 12.0. The molecule has 5 heteroatoms. The van der Waals surface area contributed by atoms with Crippen molar-refractivity contribution in [2.24, 2.45) is 0 Å². The van der Waals surface area contributed by atoms with E-state index in [2.05, 4.69) is 5.92 Å². The number of benzene rings is 1. The molecule has 1 aromatic rings. The first-order valence-corrected chi connectivity index (χ1v) is 6.90. The normalized spacial score (nSPS) is 15.1. The minimum absolute atomic E-state index is 0.0974. The van der Waals surface area contributed by atoms with Gasteiger partial charge in [0.1, 0.15) is 0 Å². The highest BCUT2D eigenvalue weighted by Crippen LogP contribution is 2.33. The van der Waals surface area contributed by atoms with Gasteiger partial charge in [0.15, 0.2) is 11.5 Å². The maximum absolute atomic E-state index is 10.9. The van der Waals surface area contributed by atoms with Gasteiger partial charge in [-0.2, -0.15) is 0 Å². The van der Waals surface area contributed by atoms with E-state index < -0.39 is 5.97 Å². The lowest BCUT2D eigenvalue weighted by Gasteiger charge is -2.26. The Morgan fingerprint density at radius 3 is 2.81 bits per heavy atom. The number of hydrogen-bond acceptors (Lipinski definition) is 4. The molecular weight excluding hydrogens is 270 g/mol. The van der Waals surface area contributed by atoms with Gasteiger partial charge in [0.25, 0.3) is 0 Å². The molecule has 0 saturated heterocycles. The van der Waals surface area contributed by atoms with Gasteiger partial charge in [0.05, 0.1) is 26.3 Å². The van der Waals surface area contributed by atoms with Crippen molar-refractivity contribution in [2.45, 2.75) is 19.4 Å². The van der Waals surface area contributed by atoms with Crippen molar-refractivity contribution in [3.63, 3.8) is 0 Å². The molecule has 0 aromatic heterocycles. The fourth-order valence-corrected chi connectivity index (χ4v) is 2.27. The Morgan fingerprint density at radius 2 is 2.14 bits per heavy atom. The molecule has 21 heavy (non-hydrogen) atoms. The van der Waals surface area contributed by atoms with Gasteiger partial charge in [-0.3, -0.25) is 9.69 Å². The van der Waals surface area contributed by atoms with Gasteiger partial charge >= 0.3 is 5.97 Å². The summed E-state index contributed by atoms with van der Waals surface area (Å²) in [4.78, 5) is 12.7. The smallest absolute Gasteiger partial charge is 0.317 e. The summed E-state index contributed by atoms with van der Waals surface area (Å²) in [5.41, 5.74) is 0.954. The molecule has 0 aliphatic carbocycles. The fourth-order valence-electron chi connectivity index (χ4n) is 2.27. The summed E-state index contributed by atoms with van der Waals surface area (Å²) in [5.74, 6) is 3.03. The van der Waals surface area contributed by atoms with E-state index in [0.29, 0.717) is 19.0 Å². The number of nitrogens with zero attached hydrogens (tertiary/aromatic N) is 1. The van der Waals surface area contributed by atoms with Crippen LogP contribution in [0.1, 0.15) is 24.9 Å². The van der Waals surface area contributed by atoms with Crippen molar-refractivity contribution in [3.8, 4) is 23.8 Å². The number of fused-ring (bicyclic) bond motifs is 1. The average molecular weight is 289 g/mol. The van der Waals surface area contributed by atoms with Gasteiger partial charge in [-0.25, -0.2) is 0 Å². The Bertz CT molecular complexity index is 550. The molecule has 112 valence electrons. The molecule has 0 amide bonds. The van der Waals surface area contributed by atoms with Crippen LogP contribution in [0.5, 0.6) is 11.5 Å². The number of carboxylic acid groups (broad SMARTS) is 1. The first-order chi connectivity index (χ1) is 10.1. The summed E-state index contributed by atoms with van der Waals surface area (Å²) < 4.78 is 11.3. The maximum atomic E-state index is 10.9. The summed E-state index contributed by atoms with van der Waals surface area (Å²) in [6.45, 7) is 3.37. The number of carbonyl (C=O) groups is 1. The molecule has 0 fully saturated rings. The lowest BCUT2D eigenvalue weighted by Crippen LogP contribution is -2.32. The van der Waals surface area contributed by atoms with Gasteiger partial charge in [-0.15, -0.1) is 6.42 Å². The first-order valence-electron chi connectivity index (χ1n) is 6.90. The molecule has 1 atom stereocenters. The summed E-state index contributed by atoms with van der Waals surface area (Å²) in [6, 6.07) is 5.57. The van der Waals surface area contributed by atoms with Gasteiger partial charge in [-0.05, 0) is 24.6 Å². The lowest BCUT2D eigenvalue weighted by molar-refractivity contribution is -0.138. The van der Waals surface area contributed by atoms with Crippen LogP contribution in [0.3, 0.4) is 0 Å². The first kappa shape index (κ1) is 15.2. The molecule has 1 heterocycles. The number of carboxylic acids is 1. The monoisotopic (exact) mass is 289 g/mol. The third kappa shape index (κ3) is 3.89. The van der Waals surface area contributed by atoms with E-state index in [1.165, 1.54) is 0 Å². The third-order valence-corrected chi connectivity index (χ3v) is 3.43. The molecule has 0 saturated carbocycles. The van der Waals surface area contributed by atoms with Gasteiger partial charge in [-0.1, -0.05) is 12.0 Å². The highest BCUT2D eigenvalue weighted by molar-refractivity contribution is 5.69. The summed E-state index contributed by atoms with van der Waals surface area (Å²) in [7, 11) is 0. The van der Waals surface area contributed by atoms with Crippen LogP contribution in [0.25, 0.3) is 0 Å². The van der Waals surface area contributed by atoms with Crippen LogP contribution in [-0.4, -0.2) is 42.3 Å². The van der Waals surface area contributed by atoms with Crippen LogP contribution in [0.2, 0.25) is 0 Å². The third-order valence-electron chi connectivity index (χ3n) is 3.43. The number of aliphatic carboxylic acids is 1. The van der Waals surface area contributed by atoms with E-state index in [9.17, 15) is 4.79 Å². The minimum atomic E-state index is -0.897. The van der Waals surface area contributed by atoms with Crippen molar-refractivity contribution < 1.29 is 19.4 Å². The van der Waals surface area contributed by atoms with E-state index >= 15 is 0 Å². The van der Waals surface area contributed by atoms with Crippen LogP contribution in [0.15, 0.2) is 18.2 Å². The van der Waals surface area contributed by atoms with Crippen molar-refractivity contribution in [1.29, 1.82) is 0 Å². The molecule has 0 bridgehead atoms. The van der Waals surface area contributed by atoms with E-state index in [4.69, 9.17) is 21.0 Å². The topological polar surface area (TPSA) is 59.0 Å². The van der Waals surface area contributed by atoms with Crippen LogP contribution in [-0.2, 0) is 4.79 Å². The quantitative estimate of drug-likeness (QED) is 0.839. The molecule has 0 spiro atoms. The van der Waals surface area contributed by atoms with Crippen molar-refractivity contribution in [1.82, 2.24) is 4.90 Å². The second-order valence-electron chi connectivity index (χ2n) is 4.94. The van der Waals surface area contributed by atoms with Crippen molar-refractivity contribution in [3.05, 3.63) is 23.8 Å². The van der Waals surface area contributed by atoms with Crippen LogP contribution >= 0.6 is 0 Å². The highest BCUT2D eigenvalue weighted by Gasteiger charge is 2.20. The number of terminal acetylenes is 1. The molecule has 2 rings (SSSR count). The van der Waals surface area contributed by atoms with Crippen LogP contribution in [0.4, 0.5) is 0 Å². The van der Waals surface area contributed by atoms with E-state index in [1.807, 2.05) is 25.1 Å². The molecule has 1 aromatic carbocycles. The second kappa shape index (κ2) is 7.00. The number of hydrogen-bond donors (Lipinski definition) is 1. The predicted octanol–water partition coefficient (Wildman–Crippen LogP) is 1.93. The Labute approximate surface area is 124 Å². The summed E-state index contributed by atoms with van der Waals surface area (Å²) in [6.07, 6.45) is 6.17. The Hall–Kier alpha value is -2.19. The molecule has 1 N–H and O–H groups in total. The van der Waals surface area contributed by atoms with E-state index in [-0.39, 0.29) is 19.1 Å². The Kier molecular flexibility index (Phi) is 5.07. The highest BCUT2D eigenvalue weighted by atomic mass is 16.5. The average Bonchev–Trinajstić information content (AvgIpc) is 2.70. The minimum Gasteiger partial charge on any atom is -0.490 e. The van der Waals surface area contributed by atoms with E-state index in [0.717, 1.165) is 17.7 Å². The molecule has 0 radical (unpaired) electrons. The molecule has 1 unspecified atom stereocenters. The van der Waals surface area contributed by atoms with Crippen molar-refractivity contribution in [2.75, 3.05) is 26.3 Å². The SMILES string of the molecule is C#CCN(CC(=O)O)C(C)c1ccc2c(c1)OCCCO2. The van der Waals surface area contributed by atoms with Crippen molar-refractivity contribution >= 4 is 5.97 Å². The number of ether oxygens (including phenoxy) is 2. The maximum Gasteiger partial charge on any atom is 0.317 e. The molecule has 1 aliphatic heterocycles. The molecule has 1 aliphatic rings. The zero-order valence-electron chi connectivity index (χ0n) is 12.0. The van der Waals surface area contributed by atoms with E-state index in [1.54, 1.807) is 4.90 Å². The number of rotatable bonds is 5. The fraction of sp³-hybridized carbons (Fsp3) is 0.438. The standard InChI is InChI=1S/C16H19NO4/c1-3-7-17(11-16(18)19)12(2)13-5-6-14-15(10-13)21-9-4-8-20-14/h1,5-6,10,12H,4,7-9,11H2,2H3,(H,18,19). The summed E-state index contributed by atoms with van der Waals surface area (Å²) >= 11 is 0. The predicted molar refractivity (Wildman–Crippen MR) is 78.5 cm³/mol. The van der Waals surface area contributed by atoms with Gasteiger partial charge in [0, 0.05) is 12.5 Å².